The van der Waals surface area contributed by atoms with E-state index in [1.165, 1.54) is 5.57 Å². The molecule has 0 saturated carbocycles. The van der Waals surface area contributed by atoms with Gasteiger partial charge in [-0.1, -0.05) is 18.6 Å². The molecule has 0 amide bonds. The number of hydrogen-bond acceptors (Lipinski definition) is 2. The summed E-state index contributed by atoms with van der Waals surface area (Å²) in [6, 6.07) is 0.0483. The summed E-state index contributed by atoms with van der Waals surface area (Å²) in [5.74, 6) is -1.33. The molecule has 2 radical (unpaired) electrons. The first-order valence-electron chi connectivity index (χ1n) is 6.81. The number of nitrogens with two attached hydrogens (primary N) is 1. The van der Waals surface area contributed by atoms with Crippen molar-refractivity contribution >= 4 is 13.8 Å². The van der Waals surface area contributed by atoms with Crippen LogP contribution in [0.4, 0.5) is 0 Å². The third-order valence-electron chi connectivity index (χ3n) is 4.12. The second-order valence-electron chi connectivity index (χ2n) is 5.67. The lowest BCUT2D eigenvalue weighted by atomic mass is 9.70. The van der Waals surface area contributed by atoms with Crippen molar-refractivity contribution in [2.45, 2.75) is 57.8 Å². The average Bonchev–Trinajstić information content (AvgIpc) is 2.32. The van der Waals surface area contributed by atoms with E-state index in [9.17, 15) is 4.79 Å². The fraction of sp³-hybridized carbons (Fsp3) is 0.786. The van der Waals surface area contributed by atoms with E-state index in [4.69, 9.17) is 18.7 Å². The molecule has 3 N–H and O–H groups in total. The summed E-state index contributed by atoms with van der Waals surface area (Å²) < 4.78 is 0. The van der Waals surface area contributed by atoms with E-state index >= 15 is 0 Å². The minimum absolute atomic E-state index is 0.0265. The van der Waals surface area contributed by atoms with Gasteiger partial charge in [0.15, 0.2) is 0 Å². The van der Waals surface area contributed by atoms with Crippen molar-refractivity contribution in [3.63, 3.8) is 0 Å². The Morgan fingerprint density at radius 2 is 2.22 bits per heavy atom. The molecular formula is C14H24BNO2. The third-order valence-corrected chi connectivity index (χ3v) is 4.12. The molecule has 0 aromatic rings. The molecule has 100 valence electrons. The molecular weight excluding hydrogens is 225 g/mol. The molecule has 4 unspecified atom stereocenters. The third kappa shape index (κ3) is 4.49. The van der Waals surface area contributed by atoms with Crippen LogP contribution in [0, 0.1) is 11.8 Å². The first kappa shape index (κ1) is 15.3. The minimum atomic E-state index is -0.918. The van der Waals surface area contributed by atoms with Crippen LogP contribution in [0.3, 0.4) is 0 Å². The Labute approximate surface area is 111 Å². The lowest BCUT2D eigenvalue weighted by Crippen LogP contribution is -2.33. The van der Waals surface area contributed by atoms with E-state index in [1.807, 2.05) is 0 Å². The van der Waals surface area contributed by atoms with Gasteiger partial charge in [-0.2, -0.15) is 0 Å². The SMILES string of the molecule is [B]C(C(=O)O)C1CC/C(C)=C/CCC(C)C(N)C1. The maximum atomic E-state index is 11.0. The Bertz CT molecular complexity index is 317. The Hall–Kier alpha value is -0.765. The van der Waals surface area contributed by atoms with Gasteiger partial charge in [0.1, 0.15) is 0 Å². The Balaban J connectivity index is 2.78. The second-order valence-corrected chi connectivity index (χ2v) is 5.67. The highest BCUT2D eigenvalue weighted by molar-refractivity contribution is 6.22. The molecule has 1 aliphatic rings. The van der Waals surface area contributed by atoms with Crippen LogP contribution in [0.2, 0.25) is 5.82 Å². The highest BCUT2D eigenvalue weighted by atomic mass is 16.4. The van der Waals surface area contributed by atoms with E-state index in [-0.39, 0.29) is 12.0 Å². The molecule has 3 nitrogen and oxygen atoms in total. The van der Waals surface area contributed by atoms with E-state index in [1.54, 1.807) is 0 Å². The summed E-state index contributed by atoms with van der Waals surface area (Å²) in [6.45, 7) is 4.24. The van der Waals surface area contributed by atoms with E-state index in [2.05, 4.69) is 19.9 Å². The summed E-state index contributed by atoms with van der Waals surface area (Å²) in [6.07, 6.45) is 6.83. The van der Waals surface area contributed by atoms with Crippen LogP contribution in [0.5, 0.6) is 0 Å². The van der Waals surface area contributed by atoms with Gasteiger partial charge >= 0.3 is 0 Å². The molecule has 1 aliphatic carbocycles. The van der Waals surface area contributed by atoms with Crippen molar-refractivity contribution in [1.29, 1.82) is 0 Å². The van der Waals surface area contributed by atoms with E-state index in [0.717, 1.165) is 25.7 Å². The number of aliphatic carboxylic acids is 1. The van der Waals surface area contributed by atoms with Crippen LogP contribution in [0.25, 0.3) is 0 Å². The molecule has 1 rings (SSSR count). The van der Waals surface area contributed by atoms with Gasteiger partial charge in [-0.05, 0) is 50.9 Å². The van der Waals surface area contributed by atoms with Gasteiger partial charge in [0.2, 0.25) is 0 Å². The molecule has 0 aromatic carbocycles. The maximum Gasteiger partial charge on any atom is 0.297 e. The van der Waals surface area contributed by atoms with E-state index in [0.29, 0.717) is 12.3 Å². The van der Waals surface area contributed by atoms with Gasteiger partial charge in [-0.15, -0.1) is 0 Å². The molecule has 0 saturated heterocycles. The number of allylic oxidation sites excluding steroid dienone is 2. The first-order chi connectivity index (χ1) is 8.41. The quantitative estimate of drug-likeness (QED) is 0.583. The van der Waals surface area contributed by atoms with Crippen LogP contribution in [0.1, 0.15) is 46.0 Å². The number of carbonyl (C=O) groups is 1. The van der Waals surface area contributed by atoms with Crippen LogP contribution in [-0.2, 0) is 4.79 Å². The van der Waals surface area contributed by atoms with Crippen LogP contribution in [-0.4, -0.2) is 25.0 Å². The second kappa shape index (κ2) is 6.98. The molecule has 4 atom stereocenters. The molecule has 0 aliphatic heterocycles. The van der Waals surface area contributed by atoms with E-state index < -0.39 is 11.8 Å². The van der Waals surface area contributed by atoms with Crippen LogP contribution >= 0.6 is 0 Å². The zero-order valence-electron chi connectivity index (χ0n) is 11.4. The largest absolute Gasteiger partial charge is 0.482 e. The van der Waals surface area contributed by atoms with Gasteiger partial charge in [0, 0.05) is 11.9 Å². The number of carboxylic acid groups (broad SMARTS) is 1. The number of carboxylic acids is 1. The van der Waals surface area contributed by atoms with Gasteiger partial charge in [0.25, 0.3) is 5.97 Å². The highest BCUT2D eigenvalue weighted by Gasteiger charge is 2.27. The Morgan fingerprint density at radius 3 is 2.83 bits per heavy atom. The topological polar surface area (TPSA) is 63.3 Å². The fourth-order valence-corrected chi connectivity index (χ4v) is 2.55. The van der Waals surface area contributed by atoms with Crippen molar-refractivity contribution in [2.75, 3.05) is 0 Å². The van der Waals surface area contributed by atoms with Crippen molar-refractivity contribution in [3.8, 4) is 0 Å². The van der Waals surface area contributed by atoms with Gasteiger partial charge in [-0.3, -0.25) is 4.79 Å². The standard InChI is InChI=1S/C14H24BNO2/c1-9-4-3-5-10(2)12(16)8-11(7-6-9)13(15)14(17)18/h4,10-13H,3,5-8,16H2,1-2H3,(H,17,18)/b9-4+. The monoisotopic (exact) mass is 249 g/mol. The molecule has 0 aromatic heterocycles. The molecule has 4 heteroatoms. The zero-order chi connectivity index (χ0) is 13.7. The molecule has 0 fully saturated rings. The Kier molecular flexibility index (Phi) is 5.93. The first-order valence-corrected chi connectivity index (χ1v) is 6.81. The minimum Gasteiger partial charge on any atom is -0.482 e. The lowest BCUT2D eigenvalue weighted by molar-refractivity contribution is -0.138. The van der Waals surface area contributed by atoms with Gasteiger partial charge < -0.3 is 10.8 Å². The Morgan fingerprint density at radius 1 is 1.56 bits per heavy atom. The van der Waals surface area contributed by atoms with Crippen molar-refractivity contribution in [3.05, 3.63) is 11.6 Å². The summed E-state index contributed by atoms with van der Waals surface area (Å²) in [7, 11) is 5.78. The molecule has 0 spiro atoms. The normalized spacial score (nSPS) is 35.3. The van der Waals surface area contributed by atoms with Crippen molar-refractivity contribution in [2.24, 2.45) is 17.6 Å². The average molecular weight is 249 g/mol. The zero-order valence-corrected chi connectivity index (χ0v) is 11.4. The fourth-order valence-electron chi connectivity index (χ4n) is 2.55. The smallest absolute Gasteiger partial charge is 0.297 e. The summed E-state index contributed by atoms with van der Waals surface area (Å²) in [5.41, 5.74) is 7.50. The summed E-state index contributed by atoms with van der Waals surface area (Å²) in [4.78, 5) is 11.0. The molecule has 0 heterocycles. The van der Waals surface area contributed by atoms with Gasteiger partial charge in [0.05, 0.1) is 7.85 Å². The molecule has 18 heavy (non-hydrogen) atoms. The summed E-state index contributed by atoms with van der Waals surface area (Å²) in [5, 5.41) is 9.06. The van der Waals surface area contributed by atoms with Crippen molar-refractivity contribution in [1.82, 2.24) is 0 Å². The maximum absolute atomic E-state index is 11.0. The highest BCUT2D eigenvalue weighted by Crippen LogP contribution is 2.30. The number of rotatable bonds is 2. The van der Waals surface area contributed by atoms with Crippen LogP contribution < -0.4 is 5.73 Å². The van der Waals surface area contributed by atoms with Crippen LogP contribution in [0.15, 0.2) is 11.6 Å². The number of hydrogen-bond donors (Lipinski definition) is 2. The lowest BCUT2D eigenvalue weighted by Gasteiger charge is -2.29. The predicted molar refractivity (Wildman–Crippen MR) is 74.6 cm³/mol. The van der Waals surface area contributed by atoms with Crippen molar-refractivity contribution < 1.29 is 9.90 Å². The summed E-state index contributed by atoms with van der Waals surface area (Å²) >= 11 is 0. The molecule has 0 bridgehead atoms. The van der Waals surface area contributed by atoms with Gasteiger partial charge in [-0.25, -0.2) is 0 Å². The predicted octanol–water partition coefficient (Wildman–Crippen LogP) is 2.52.